The number of nitrogens with zero attached hydrogens (tertiary/aromatic N) is 1. The molecule has 0 saturated heterocycles. The molecule has 92 valence electrons. The van der Waals surface area contributed by atoms with Crippen LogP contribution in [0.25, 0.3) is 0 Å². The summed E-state index contributed by atoms with van der Waals surface area (Å²) in [6.07, 6.45) is 6.41. The van der Waals surface area contributed by atoms with Gasteiger partial charge < -0.3 is 9.73 Å². The Balaban J connectivity index is 1.56. The summed E-state index contributed by atoms with van der Waals surface area (Å²) < 4.78 is 5.95. The van der Waals surface area contributed by atoms with Gasteiger partial charge in [-0.15, -0.1) is 0 Å². The van der Waals surface area contributed by atoms with Gasteiger partial charge in [0.25, 0.3) is 0 Å². The van der Waals surface area contributed by atoms with Gasteiger partial charge in [0.05, 0.1) is 12.2 Å². The molecule has 0 amide bonds. The van der Waals surface area contributed by atoms with Crippen molar-refractivity contribution in [1.29, 1.82) is 0 Å². The zero-order valence-corrected chi connectivity index (χ0v) is 10.5. The summed E-state index contributed by atoms with van der Waals surface area (Å²) >= 11 is 0. The van der Waals surface area contributed by atoms with Crippen LogP contribution < -0.4 is 5.32 Å². The number of rotatable bonds is 3. The molecule has 3 saturated carbocycles. The summed E-state index contributed by atoms with van der Waals surface area (Å²) in [4.78, 5) is 4.42. The first-order valence-corrected chi connectivity index (χ1v) is 6.92. The van der Waals surface area contributed by atoms with E-state index in [2.05, 4.69) is 17.2 Å². The highest BCUT2D eigenvalue weighted by Gasteiger charge is 2.66. The second-order valence-corrected chi connectivity index (χ2v) is 6.12. The van der Waals surface area contributed by atoms with Crippen molar-refractivity contribution in [2.75, 3.05) is 7.05 Å². The smallest absolute Gasteiger partial charge is 0.211 e. The lowest BCUT2D eigenvalue weighted by molar-refractivity contribution is 0.386. The first kappa shape index (κ1) is 10.1. The van der Waals surface area contributed by atoms with Crippen LogP contribution in [0.5, 0.6) is 0 Å². The van der Waals surface area contributed by atoms with E-state index >= 15 is 0 Å². The monoisotopic (exact) mass is 232 g/mol. The van der Waals surface area contributed by atoms with Crippen molar-refractivity contribution in [3.63, 3.8) is 0 Å². The Labute approximate surface area is 102 Å². The molecule has 3 aliphatic rings. The van der Waals surface area contributed by atoms with Crippen LogP contribution in [0.15, 0.2) is 10.6 Å². The maximum absolute atomic E-state index is 5.95. The van der Waals surface area contributed by atoms with E-state index in [-0.39, 0.29) is 6.04 Å². The number of aromatic nitrogens is 1. The van der Waals surface area contributed by atoms with Crippen LogP contribution in [0.4, 0.5) is 0 Å². The zero-order chi connectivity index (χ0) is 11.6. The number of hydrogen-bond donors (Lipinski definition) is 1. The van der Waals surface area contributed by atoms with Crippen LogP contribution in [0.1, 0.15) is 49.8 Å². The molecule has 3 fully saturated rings. The molecular formula is C14H20N2O. The normalized spacial score (nSPS) is 43.8. The number of fused-ring (bicyclic) bond motifs is 5. The van der Waals surface area contributed by atoms with Gasteiger partial charge in [-0.1, -0.05) is 0 Å². The van der Waals surface area contributed by atoms with Gasteiger partial charge in [-0.2, -0.15) is 0 Å². The molecule has 1 aromatic rings. The lowest BCUT2D eigenvalue weighted by atomic mass is 10.0. The molecule has 17 heavy (non-hydrogen) atoms. The first-order valence-electron chi connectivity index (χ1n) is 6.92. The fourth-order valence-corrected chi connectivity index (χ4v) is 4.48. The molecule has 3 nitrogen and oxygen atoms in total. The van der Waals surface area contributed by atoms with Gasteiger partial charge in [-0.3, -0.25) is 0 Å². The second kappa shape index (κ2) is 3.35. The fraction of sp³-hybridized carbons (Fsp3) is 0.786. The summed E-state index contributed by atoms with van der Waals surface area (Å²) in [7, 11) is 1.95. The zero-order valence-electron chi connectivity index (χ0n) is 10.5. The third-order valence-electron chi connectivity index (χ3n) is 5.41. The first-order chi connectivity index (χ1) is 8.29. The quantitative estimate of drug-likeness (QED) is 0.870. The molecule has 2 bridgehead atoms. The summed E-state index contributed by atoms with van der Waals surface area (Å²) in [5.41, 5.74) is 0. The molecule has 1 aromatic heterocycles. The predicted octanol–water partition coefficient (Wildman–Crippen LogP) is 2.71. The summed E-state index contributed by atoms with van der Waals surface area (Å²) in [6, 6.07) is 0.221. The van der Waals surface area contributed by atoms with Gasteiger partial charge in [0.15, 0.2) is 0 Å². The van der Waals surface area contributed by atoms with Crippen LogP contribution in [0.2, 0.25) is 0 Å². The Morgan fingerprint density at radius 3 is 2.71 bits per heavy atom. The van der Waals surface area contributed by atoms with Crippen LogP contribution in [-0.2, 0) is 0 Å². The van der Waals surface area contributed by atoms with Crippen LogP contribution in [0.3, 0.4) is 0 Å². The average molecular weight is 232 g/mol. The average Bonchev–Trinajstić information content (AvgIpc) is 2.81. The topological polar surface area (TPSA) is 38.1 Å². The fourth-order valence-electron chi connectivity index (χ4n) is 4.48. The molecule has 0 aliphatic heterocycles. The van der Waals surface area contributed by atoms with Crippen LogP contribution in [0, 0.1) is 23.7 Å². The highest BCUT2D eigenvalue weighted by Crippen LogP contribution is 2.73. The van der Waals surface area contributed by atoms with Crippen molar-refractivity contribution in [2.24, 2.45) is 23.7 Å². The van der Waals surface area contributed by atoms with Crippen molar-refractivity contribution in [3.8, 4) is 0 Å². The Morgan fingerprint density at radius 1 is 1.35 bits per heavy atom. The molecule has 1 N–H and O–H groups in total. The van der Waals surface area contributed by atoms with E-state index in [0.717, 1.165) is 35.3 Å². The lowest BCUT2D eigenvalue weighted by Crippen LogP contribution is -2.12. The maximum atomic E-state index is 5.95. The molecule has 3 aliphatic carbocycles. The minimum Gasteiger partial charge on any atom is -0.444 e. The highest BCUT2D eigenvalue weighted by atomic mass is 16.4. The van der Waals surface area contributed by atoms with E-state index < -0.39 is 0 Å². The second-order valence-electron chi connectivity index (χ2n) is 6.12. The molecule has 5 atom stereocenters. The Kier molecular flexibility index (Phi) is 1.99. The third-order valence-corrected chi connectivity index (χ3v) is 5.41. The van der Waals surface area contributed by atoms with Gasteiger partial charge >= 0.3 is 0 Å². The van der Waals surface area contributed by atoms with Crippen molar-refractivity contribution in [2.45, 2.75) is 38.1 Å². The largest absolute Gasteiger partial charge is 0.444 e. The molecule has 3 heteroatoms. The molecule has 4 rings (SSSR count). The van der Waals surface area contributed by atoms with E-state index in [1.807, 2.05) is 13.2 Å². The summed E-state index contributed by atoms with van der Waals surface area (Å²) in [5, 5.41) is 3.18. The summed E-state index contributed by atoms with van der Waals surface area (Å²) in [5.74, 6) is 6.62. The molecule has 0 radical (unpaired) electrons. The van der Waals surface area contributed by atoms with Gasteiger partial charge in [-0.25, -0.2) is 4.98 Å². The van der Waals surface area contributed by atoms with E-state index in [1.54, 1.807) is 0 Å². The van der Waals surface area contributed by atoms with E-state index in [9.17, 15) is 0 Å². The standard InChI is InChI=1S/C14H20N2O/c1-7(15-2)14-16-6-10(17-14)13-11-8-3-4-9(5-8)12(11)13/h6-9,11-13,15H,3-5H2,1-2H3. The Bertz CT molecular complexity index is 425. The van der Waals surface area contributed by atoms with Crippen LogP contribution >= 0.6 is 0 Å². The van der Waals surface area contributed by atoms with Crippen molar-refractivity contribution in [3.05, 3.63) is 17.8 Å². The number of hydrogen-bond acceptors (Lipinski definition) is 3. The van der Waals surface area contributed by atoms with E-state index in [1.165, 1.54) is 19.3 Å². The van der Waals surface area contributed by atoms with Gasteiger partial charge in [0.1, 0.15) is 5.76 Å². The molecule has 5 unspecified atom stereocenters. The molecule has 1 heterocycles. The van der Waals surface area contributed by atoms with E-state index in [4.69, 9.17) is 4.42 Å². The van der Waals surface area contributed by atoms with Crippen LogP contribution in [-0.4, -0.2) is 12.0 Å². The molecular weight excluding hydrogens is 212 g/mol. The van der Waals surface area contributed by atoms with E-state index in [0.29, 0.717) is 5.92 Å². The van der Waals surface area contributed by atoms with Crippen molar-refractivity contribution >= 4 is 0 Å². The van der Waals surface area contributed by atoms with Gasteiger partial charge in [0.2, 0.25) is 5.89 Å². The van der Waals surface area contributed by atoms with Gasteiger partial charge in [0, 0.05) is 5.92 Å². The third kappa shape index (κ3) is 1.29. The van der Waals surface area contributed by atoms with Crippen molar-refractivity contribution < 1.29 is 4.42 Å². The highest BCUT2D eigenvalue weighted by molar-refractivity contribution is 5.25. The molecule has 0 aromatic carbocycles. The Hall–Kier alpha value is -0.830. The van der Waals surface area contributed by atoms with Crippen molar-refractivity contribution in [1.82, 2.24) is 10.3 Å². The summed E-state index contributed by atoms with van der Waals surface area (Å²) in [6.45, 7) is 2.09. The molecule has 0 spiro atoms. The van der Waals surface area contributed by atoms with Gasteiger partial charge in [-0.05, 0) is 56.9 Å². The lowest BCUT2D eigenvalue weighted by Gasteiger charge is -2.06. The maximum Gasteiger partial charge on any atom is 0.211 e. The minimum absolute atomic E-state index is 0.221. The predicted molar refractivity (Wildman–Crippen MR) is 64.5 cm³/mol. The Morgan fingerprint density at radius 2 is 2.06 bits per heavy atom. The number of nitrogens with one attached hydrogen (secondary N) is 1. The SMILES string of the molecule is CNC(C)c1ncc(C2C3C4CCC(C4)C23)o1. The minimum atomic E-state index is 0.221. The number of oxazole rings is 1.